The molecule has 21 heavy (non-hydrogen) atoms. The highest BCUT2D eigenvalue weighted by Crippen LogP contribution is 2.31. The van der Waals surface area contributed by atoms with Crippen LogP contribution in [-0.2, 0) is 20.7 Å². The first kappa shape index (κ1) is 14.8. The van der Waals surface area contributed by atoms with E-state index < -0.39 is 11.9 Å². The van der Waals surface area contributed by atoms with E-state index in [0.717, 1.165) is 22.5 Å². The molecule has 1 aliphatic rings. The second-order valence-electron chi connectivity index (χ2n) is 4.96. The number of carbonyl (C=O) groups is 2. The smallest absolute Gasteiger partial charge is 0.333 e. The number of ether oxygens (including phenoxy) is 1. The van der Waals surface area contributed by atoms with Crippen LogP contribution in [0.5, 0.6) is 0 Å². The number of allylic oxidation sites excluding steroid dienone is 1. The molecule has 5 nitrogen and oxygen atoms in total. The van der Waals surface area contributed by atoms with Gasteiger partial charge >= 0.3 is 5.97 Å². The van der Waals surface area contributed by atoms with Crippen molar-refractivity contribution in [1.82, 2.24) is 0 Å². The van der Waals surface area contributed by atoms with Crippen molar-refractivity contribution in [2.45, 2.75) is 19.3 Å². The molecule has 1 heterocycles. The van der Waals surface area contributed by atoms with Gasteiger partial charge in [-0.1, -0.05) is 24.8 Å². The number of hydrogen-bond donors (Lipinski definition) is 2. The molecule has 1 amide bonds. The molecule has 2 rings (SSSR count). The number of hydrogen-bond acceptors (Lipinski definition) is 4. The van der Waals surface area contributed by atoms with Crippen molar-refractivity contribution >= 4 is 17.6 Å². The number of amides is 1. The molecule has 1 aromatic rings. The number of nitrogens with two attached hydrogens (primary N) is 1. The SMILES string of the molecule is C=C(CC1=C(CC(N)=O)Nc2ccccc2C1)C(=O)OC. The molecule has 110 valence electrons. The standard InChI is InChI=1S/C16H18N2O3/c1-10(16(20)21-2)7-12-8-11-5-3-4-6-13(11)18-14(12)9-15(17)19/h3-6,18H,1,7-9H2,2H3,(H2,17,19). The lowest BCUT2D eigenvalue weighted by Crippen LogP contribution is -2.20. The zero-order valence-corrected chi connectivity index (χ0v) is 11.9. The number of benzene rings is 1. The molecule has 0 saturated carbocycles. The van der Waals surface area contributed by atoms with E-state index in [1.54, 1.807) is 0 Å². The van der Waals surface area contributed by atoms with E-state index in [2.05, 4.69) is 16.6 Å². The monoisotopic (exact) mass is 286 g/mol. The lowest BCUT2D eigenvalue weighted by atomic mass is 9.92. The minimum atomic E-state index is -0.445. The molecule has 0 spiro atoms. The number of carbonyl (C=O) groups excluding carboxylic acids is 2. The van der Waals surface area contributed by atoms with Crippen molar-refractivity contribution < 1.29 is 14.3 Å². The Kier molecular flexibility index (Phi) is 4.42. The Balaban J connectivity index is 2.28. The molecule has 1 aromatic carbocycles. The molecule has 5 heteroatoms. The maximum absolute atomic E-state index is 11.5. The summed E-state index contributed by atoms with van der Waals surface area (Å²) >= 11 is 0. The quantitative estimate of drug-likeness (QED) is 0.640. The van der Waals surface area contributed by atoms with E-state index in [-0.39, 0.29) is 6.42 Å². The van der Waals surface area contributed by atoms with Crippen LogP contribution in [0.25, 0.3) is 0 Å². The first-order valence-corrected chi connectivity index (χ1v) is 6.61. The fourth-order valence-electron chi connectivity index (χ4n) is 2.37. The number of methoxy groups -OCH3 is 1. The number of fused-ring (bicyclic) bond motifs is 1. The Morgan fingerprint density at radius 3 is 2.71 bits per heavy atom. The predicted molar refractivity (Wildman–Crippen MR) is 80.4 cm³/mol. The highest BCUT2D eigenvalue weighted by molar-refractivity contribution is 5.88. The number of esters is 1. The summed E-state index contributed by atoms with van der Waals surface area (Å²) in [6.45, 7) is 3.74. The molecule has 0 aromatic heterocycles. The number of nitrogens with one attached hydrogen (secondary N) is 1. The highest BCUT2D eigenvalue weighted by atomic mass is 16.5. The Hall–Kier alpha value is -2.56. The Bertz CT molecular complexity index is 632. The number of primary amides is 1. The van der Waals surface area contributed by atoms with Gasteiger partial charge in [-0.2, -0.15) is 0 Å². The van der Waals surface area contributed by atoms with Crippen LogP contribution in [0.2, 0.25) is 0 Å². The molecule has 0 radical (unpaired) electrons. The number of anilines is 1. The first-order chi connectivity index (χ1) is 10.0. The van der Waals surface area contributed by atoms with Gasteiger partial charge in [-0.25, -0.2) is 4.79 Å². The molecule has 0 unspecified atom stereocenters. The fourth-order valence-corrected chi connectivity index (χ4v) is 2.37. The maximum Gasteiger partial charge on any atom is 0.333 e. The third-order valence-corrected chi connectivity index (χ3v) is 3.39. The van der Waals surface area contributed by atoms with Crippen LogP contribution >= 0.6 is 0 Å². The van der Waals surface area contributed by atoms with Crippen molar-refractivity contribution in [3.05, 3.63) is 53.3 Å². The molecule has 1 aliphatic heterocycles. The summed E-state index contributed by atoms with van der Waals surface area (Å²) in [6, 6.07) is 7.82. The highest BCUT2D eigenvalue weighted by Gasteiger charge is 2.20. The Morgan fingerprint density at radius 2 is 2.05 bits per heavy atom. The average Bonchev–Trinajstić information content (AvgIpc) is 2.46. The van der Waals surface area contributed by atoms with Crippen molar-refractivity contribution in [3.8, 4) is 0 Å². The van der Waals surface area contributed by atoms with Crippen LogP contribution in [0.15, 0.2) is 47.7 Å². The normalized spacial score (nSPS) is 13.2. The van der Waals surface area contributed by atoms with E-state index in [4.69, 9.17) is 5.73 Å². The molecular formula is C16H18N2O3. The molecule has 0 bridgehead atoms. The fraction of sp³-hybridized carbons (Fsp3) is 0.250. The minimum absolute atomic E-state index is 0.109. The van der Waals surface area contributed by atoms with Crippen LogP contribution in [-0.4, -0.2) is 19.0 Å². The molecule has 0 aliphatic carbocycles. The van der Waals surface area contributed by atoms with Crippen molar-refractivity contribution in [1.29, 1.82) is 0 Å². The summed E-state index contributed by atoms with van der Waals surface area (Å²) in [6.07, 6.45) is 1.12. The van der Waals surface area contributed by atoms with Crippen LogP contribution in [0.1, 0.15) is 18.4 Å². The molecular weight excluding hydrogens is 268 g/mol. The summed E-state index contributed by atoms with van der Waals surface area (Å²) in [4.78, 5) is 22.7. The van der Waals surface area contributed by atoms with Gasteiger partial charge < -0.3 is 15.8 Å². The predicted octanol–water partition coefficient (Wildman–Crippen LogP) is 1.90. The Labute approximate surface area is 123 Å². The van der Waals surface area contributed by atoms with Gasteiger partial charge in [-0.15, -0.1) is 0 Å². The third kappa shape index (κ3) is 3.51. The summed E-state index contributed by atoms with van der Waals surface area (Å²) in [5.74, 6) is -0.863. The van der Waals surface area contributed by atoms with Crippen LogP contribution in [0, 0.1) is 0 Å². The molecule has 0 atom stereocenters. The largest absolute Gasteiger partial charge is 0.466 e. The molecule has 0 fully saturated rings. The van der Waals surface area contributed by atoms with Crippen molar-refractivity contribution in [3.63, 3.8) is 0 Å². The van der Waals surface area contributed by atoms with Gasteiger partial charge in [0.2, 0.25) is 5.91 Å². The van der Waals surface area contributed by atoms with Gasteiger partial charge in [0.25, 0.3) is 0 Å². The van der Waals surface area contributed by atoms with Crippen molar-refractivity contribution in [2.75, 3.05) is 12.4 Å². The average molecular weight is 286 g/mol. The Morgan fingerprint density at radius 1 is 1.33 bits per heavy atom. The van der Waals surface area contributed by atoms with Gasteiger partial charge in [-0.3, -0.25) is 4.79 Å². The van der Waals surface area contributed by atoms with E-state index >= 15 is 0 Å². The summed E-state index contributed by atoms with van der Waals surface area (Å²) in [5.41, 5.74) is 9.40. The molecule has 3 N–H and O–H groups in total. The van der Waals surface area contributed by atoms with Crippen molar-refractivity contribution in [2.24, 2.45) is 5.73 Å². The van der Waals surface area contributed by atoms with E-state index in [9.17, 15) is 9.59 Å². The topological polar surface area (TPSA) is 81.4 Å². The lowest BCUT2D eigenvalue weighted by Gasteiger charge is -2.24. The van der Waals surface area contributed by atoms with E-state index in [1.807, 2.05) is 24.3 Å². The van der Waals surface area contributed by atoms with E-state index in [0.29, 0.717) is 18.4 Å². The second kappa shape index (κ2) is 6.26. The van der Waals surface area contributed by atoms with Gasteiger partial charge in [0.1, 0.15) is 0 Å². The van der Waals surface area contributed by atoms with Gasteiger partial charge in [0.05, 0.1) is 13.5 Å². The minimum Gasteiger partial charge on any atom is -0.466 e. The summed E-state index contributed by atoms with van der Waals surface area (Å²) in [5, 5.41) is 3.23. The van der Waals surface area contributed by atoms with Crippen LogP contribution in [0.3, 0.4) is 0 Å². The summed E-state index contributed by atoms with van der Waals surface area (Å²) in [7, 11) is 1.32. The number of rotatable bonds is 5. The second-order valence-corrected chi connectivity index (χ2v) is 4.96. The summed E-state index contributed by atoms with van der Waals surface area (Å²) < 4.78 is 4.67. The van der Waals surface area contributed by atoms with Crippen LogP contribution in [0.4, 0.5) is 5.69 Å². The third-order valence-electron chi connectivity index (χ3n) is 3.39. The number of para-hydroxylation sites is 1. The van der Waals surface area contributed by atoms with E-state index in [1.165, 1.54) is 7.11 Å². The zero-order chi connectivity index (χ0) is 15.4. The van der Waals surface area contributed by atoms with Crippen LogP contribution < -0.4 is 11.1 Å². The zero-order valence-electron chi connectivity index (χ0n) is 11.9. The van der Waals surface area contributed by atoms with Gasteiger partial charge in [0, 0.05) is 23.4 Å². The van der Waals surface area contributed by atoms with Gasteiger partial charge in [-0.05, 0) is 23.6 Å². The first-order valence-electron chi connectivity index (χ1n) is 6.61. The maximum atomic E-state index is 11.5. The molecule has 0 saturated heterocycles. The lowest BCUT2D eigenvalue weighted by molar-refractivity contribution is -0.136. The van der Waals surface area contributed by atoms with Gasteiger partial charge in [0.15, 0.2) is 0 Å².